The Labute approximate surface area is 97.1 Å². The van der Waals surface area contributed by atoms with E-state index in [-0.39, 0.29) is 0 Å². The number of aliphatic hydroxyl groups is 1. The summed E-state index contributed by atoms with van der Waals surface area (Å²) in [6.07, 6.45) is 2.46. The van der Waals surface area contributed by atoms with Crippen molar-refractivity contribution in [3.8, 4) is 0 Å². The molecule has 84 valence electrons. The van der Waals surface area contributed by atoms with E-state index in [1.54, 1.807) is 6.20 Å². The quantitative estimate of drug-likeness (QED) is 0.693. The minimum Gasteiger partial charge on any atom is -0.382 e. The first-order valence-electron chi connectivity index (χ1n) is 5.23. The fraction of sp³-hybridized carbons (Fsp3) is 0.0833. The summed E-state index contributed by atoms with van der Waals surface area (Å²) in [5, 5.41) is 21.2. The third kappa shape index (κ3) is 1.76. The van der Waals surface area contributed by atoms with Gasteiger partial charge in [-0.05, 0) is 17.7 Å². The van der Waals surface area contributed by atoms with Crippen molar-refractivity contribution in [3.05, 3.63) is 54.0 Å². The second-order valence-electron chi connectivity index (χ2n) is 3.75. The maximum Gasteiger partial charge on any atom is 0.125 e. The lowest BCUT2D eigenvalue weighted by molar-refractivity contribution is 0.215. The number of nitrogens with one attached hydrogen (secondary N) is 1. The van der Waals surface area contributed by atoms with Gasteiger partial charge in [0.05, 0.1) is 11.7 Å². The highest BCUT2D eigenvalue weighted by atomic mass is 16.3. The average molecular weight is 226 g/mol. The summed E-state index contributed by atoms with van der Waals surface area (Å²) in [6.45, 7) is 0. The monoisotopic (exact) mass is 226 g/mol. The van der Waals surface area contributed by atoms with Crippen molar-refractivity contribution >= 4 is 10.9 Å². The number of fused-ring (bicyclic) bond motifs is 1. The summed E-state index contributed by atoms with van der Waals surface area (Å²) in [5.41, 5.74) is 2.11. The van der Waals surface area contributed by atoms with Crippen LogP contribution in [0.3, 0.4) is 0 Å². The third-order valence-electron chi connectivity index (χ3n) is 2.66. The second-order valence-corrected chi connectivity index (χ2v) is 3.75. The molecule has 5 heteroatoms. The van der Waals surface area contributed by atoms with Gasteiger partial charge >= 0.3 is 0 Å². The highest BCUT2D eigenvalue weighted by Crippen LogP contribution is 2.22. The maximum atomic E-state index is 10.1. The van der Waals surface area contributed by atoms with Crippen LogP contribution in [-0.4, -0.2) is 25.5 Å². The van der Waals surface area contributed by atoms with E-state index in [1.165, 1.54) is 6.20 Å². The summed E-state index contributed by atoms with van der Waals surface area (Å²) in [5.74, 6) is 0. The molecule has 0 spiro atoms. The molecule has 0 saturated carbocycles. The minimum atomic E-state index is -0.778. The summed E-state index contributed by atoms with van der Waals surface area (Å²) in [7, 11) is 0. The molecule has 5 nitrogen and oxygen atoms in total. The average Bonchev–Trinajstić information content (AvgIpc) is 2.91. The number of aliphatic hydroxyl groups excluding tert-OH is 1. The van der Waals surface area contributed by atoms with Gasteiger partial charge in [-0.1, -0.05) is 18.2 Å². The van der Waals surface area contributed by atoms with E-state index in [0.717, 1.165) is 16.5 Å². The largest absolute Gasteiger partial charge is 0.382 e. The molecule has 1 unspecified atom stereocenters. The molecule has 2 aromatic heterocycles. The molecule has 0 radical (unpaired) electrons. The molecule has 17 heavy (non-hydrogen) atoms. The first-order chi connectivity index (χ1) is 8.34. The first-order valence-corrected chi connectivity index (χ1v) is 5.23. The number of rotatable bonds is 2. The Morgan fingerprint density at radius 2 is 2.18 bits per heavy atom. The van der Waals surface area contributed by atoms with Gasteiger partial charge in [-0.25, -0.2) is 0 Å². The van der Waals surface area contributed by atoms with Gasteiger partial charge in [-0.2, -0.15) is 15.4 Å². The van der Waals surface area contributed by atoms with Crippen molar-refractivity contribution in [2.24, 2.45) is 0 Å². The van der Waals surface area contributed by atoms with Crippen LogP contribution in [0.5, 0.6) is 0 Å². The van der Waals surface area contributed by atoms with Crippen LogP contribution in [0, 0.1) is 0 Å². The van der Waals surface area contributed by atoms with Crippen molar-refractivity contribution in [2.45, 2.75) is 6.10 Å². The van der Waals surface area contributed by atoms with E-state index in [1.807, 2.05) is 30.3 Å². The summed E-state index contributed by atoms with van der Waals surface area (Å²) in [6, 6.07) is 9.52. The highest BCUT2D eigenvalue weighted by molar-refractivity contribution is 5.79. The van der Waals surface area contributed by atoms with Gasteiger partial charge in [0.25, 0.3) is 0 Å². The van der Waals surface area contributed by atoms with E-state index in [2.05, 4.69) is 20.4 Å². The Morgan fingerprint density at radius 1 is 1.24 bits per heavy atom. The van der Waals surface area contributed by atoms with Crippen LogP contribution in [0.1, 0.15) is 17.4 Å². The number of hydrogen-bond acceptors (Lipinski definition) is 4. The molecule has 0 aliphatic carbocycles. The lowest BCUT2D eigenvalue weighted by atomic mass is 10.0. The molecular weight excluding hydrogens is 216 g/mol. The van der Waals surface area contributed by atoms with Gasteiger partial charge in [0.2, 0.25) is 0 Å². The van der Waals surface area contributed by atoms with E-state index in [0.29, 0.717) is 5.69 Å². The topological polar surface area (TPSA) is 74.7 Å². The molecule has 2 N–H and O–H groups in total. The number of pyridine rings is 1. The molecule has 0 aliphatic heterocycles. The molecular formula is C12H10N4O. The molecule has 1 atom stereocenters. The fourth-order valence-corrected chi connectivity index (χ4v) is 1.77. The summed E-state index contributed by atoms with van der Waals surface area (Å²) < 4.78 is 0. The Kier molecular flexibility index (Phi) is 2.31. The molecule has 1 aromatic carbocycles. The molecule has 0 aliphatic rings. The van der Waals surface area contributed by atoms with Crippen molar-refractivity contribution in [1.29, 1.82) is 0 Å². The van der Waals surface area contributed by atoms with Crippen LogP contribution in [-0.2, 0) is 0 Å². The Hall–Kier alpha value is -2.27. The normalized spacial score (nSPS) is 12.8. The van der Waals surface area contributed by atoms with Gasteiger partial charge in [0, 0.05) is 11.6 Å². The summed E-state index contributed by atoms with van der Waals surface area (Å²) >= 11 is 0. The zero-order valence-corrected chi connectivity index (χ0v) is 8.91. The van der Waals surface area contributed by atoms with Gasteiger partial charge in [0.15, 0.2) is 0 Å². The van der Waals surface area contributed by atoms with Crippen molar-refractivity contribution in [1.82, 2.24) is 20.4 Å². The lowest BCUT2D eigenvalue weighted by Gasteiger charge is -2.08. The number of aromatic amines is 1. The zero-order chi connectivity index (χ0) is 11.7. The van der Waals surface area contributed by atoms with E-state index < -0.39 is 6.10 Å². The number of H-pyrrole nitrogens is 1. The van der Waals surface area contributed by atoms with Crippen LogP contribution in [0.15, 0.2) is 42.7 Å². The van der Waals surface area contributed by atoms with Crippen LogP contribution in [0.4, 0.5) is 0 Å². The number of aromatic nitrogens is 4. The van der Waals surface area contributed by atoms with Crippen LogP contribution in [0.2, 0.25) is 0 Å². The summed E-state index contributed by atoms with van der Waals surface area (Å²) in [4.78, 5) is 4.25. The predicted molar refractivity (Wildman–Crippen MR) is 62.2 cm³/mol. The smallest absolute Gasteiger partial charge is 0.125 e. The molecule has 3 rings (SSSR count). The van der Waals surface area contributed by atoms with Gasteiger partial charge in [0.1, 0.15) is 11.8 Å². The van der Waals surface area contributed by atoms with E-state index in [9.17, 15) is 5.11 Å². The zero-order valence-electron chi connectivity index (χ0n) is 8.91. The van der Waals surface area contributed by atoms with Gasteiger partial charge < -0.3 is 5.11 Å². The van der Waals surface area contributed by atoms with Gasteiger partial charge in [-0.3, -0.25) is 4.98 Å². The van der Waals surface area contributed by atoms with Crippen LogP contribution in [0.25, 0.3) is 10.9 Å². The highest BCUT2D eigenvalue weighted by Gasteiger charge is 2.13. The molecule has 0 saturated heterocycles. The van der Waals surface area contributed by atoms with Crippen molar-refractivity contribution in [3.63, 3.8) is 0 Å². The lowest BCUT2D eigenvalue weighted by Crippen LogP contribution is -2.00. The van der Waals surface area contributed by atoms with Gasteiger partial charge in [-0.15, -0.1) is 0 Å². The number of benzene rings is 1. The first kappa shape index (κ1) is 9.92. The Morgan fingerprint density at radius 3 is 3.00 bits per heavy atom. The maximum absolute atomic E-state index is 10.1. The van der Waals surface area contributed by atoms with Crippen molar-refractivity contribution < 1.29 is 5.11 Å². The molecule has 0 fully saturated rings. The van der Waals surface area contributed by atoms with E-state index in [4.69, 9.17) is 0 Å². The fourth-order valence-electron chi connectivity index (χ4n) is 1.77. The van der Waals surface area contributed by atoms with Crippen LogP contribution < -0.4 is 0 Å². The number of hydrogen-bond donors (Lipinski definition) is 2. The number of nitrogens with zero attached hydrogens (tertiary/aromatic N) is 3. The molecule has 3 aromatic rings. The third-order valence-corrected chi connectivity index (χ3v) is 2.66. The molecule has 0 bridgehead atoms. The van der Waals surface area contributed by atoms with E-state index >= 15 is 0 Å². The standard InChI is InChI=1S/C12H10N4O/c17-12(11-7-14-16-15-11)9-4-3-8-2-1-5-13-10(8)6-9/h1-7,12,17H,(H,14,15,16). The van der Waals surface area contributed by atoms with Crippen molar-refractivity contribution in [2.75, 3.05) is 0 Å². The predicted octanol–water partition coefficient (Wildman–Crippen LogP) is 1.43. The SMILES string of the molecule is OC(c1ccc2cccnc2c1)c1cn[nH]n1. The molecule has 0 amide bonds. The second kappa shape index (κ2) is 3.95. The molecule has 2 heterocycles. The van der Waals surface area contributed by atoms with Crippen LogP contribution >= 0.6 is 0 Å². The Balaban J connectivity index is 2.06. The minimum absolute atomic E-state index is 0.500. The Bertz CT molecular complexity index is 636.